The minimum atomic E-state index is -2.24. The number of thiol groups is 1. The summed E-state index contributed by atoms with van der Waals surface area (Å²) in [4.78, 5) is 0. The fourth-order valence-corrected chi connectivity index (χ4v) is 4.79. The number of hydrogen-bond donors (Lipinski definition) is 1. The van der Waals surface area contributed by atoms with E-state index in [4.69, 9.17) is 20.9 Å². The molecule has 5 heteroatoms. The molecule has 1 aliphatic rings. The minimum absolute atomic E-state index is 0.169. The molecule has 66 valence electrons. The molecule has 0 aromatic heterocycles. The standard InChI is InChI=1S/C6H13O2PS2/c1-5-4-6(2,3)8-9(10,11)7-5/h5H,4H2,1-3H3,(H,10,11). The van der Waals surface area contributed by atoms with E-state index in [0.29, 0.717) is 0 Å². The lowest BCUT2D eigenvalue weighted by Crippen LogP contribution is -2.33. The molecule has 1 heterocycles. The molecule has 0 aromatic carbocycles. The summed E-state index contributed by atoms with van der Waals surface area (Å²) in [6.45, 7) is 6.04. The van der Waals surface area contributed by atoms with Crippen LogP contribution in [-0.2, 0) is 20.9 Å². The van der Waals surface area contributed by atoms with Gasteiger partial charge in [0.25, 0.3) is 0 Å². The van der Waals surface area contributed by atoms with Crippen LogP contribution in [0, 0.1) is 0 Å². The van der Waals surface area contributed by atoms with Crippen molar-refractivity contribution in [1.82, 2.24) is 0 Å². The Bertz CT molecular complexity index is 205. The van der Waals surface area contributed by atoms with Crippen LogP contribution >= 0.6 is 17.9 Å². The van der Waals surface area contributed by atoms with Gasteiger partial charge in [0.2, 0.25) is 5.69 Å². The summed E-state index contributed by atoms with van der Waals surface area (Å²) in [5.41, 5.74) is -2.41. The predicted molar refractivity (Wildman–Crippen MR) is 53.6 cm³/mol. The zero-order valence-corrected chi connectivity index (χ0v) is 9.51. The molecule has 2 unspecified atom stereocenters. The Morgan fingerprint density at radius 2 is 2.18 bits per heavy atom. The number of rotatable bonds is 0. The first-order valence-electron chi connectivity index (χ1n) is 3.53. The average molecular weight is 212 g/mol. The molecule has 0 amide bonds. The largest absolute Gasteiger partial charge is 0.319 e. The first kappa shape index (κ1) is 10.0. The molecule has 0 bridgehead atoms. The van der Waals surface area contributed by atoms with Crippen LogP contribution in [0.5, 0.6) is 0 Å². The first-order chi connectivity index (χ1) is 4.81. The van der Waals surface area contributed by atoms with E-state index in [-0.39, 0.29) is 11.7 Å². The third-order valence-corrected chi connectivity index (χ3v) is 3.82. The van der Waals surface area contributed by atoms with Crippen molar-refractivity contribution in [2.75, 3.05) is 0 Å². The maximum atomic E-state index is 5.50. The number of hydrogen-bond acceptors (Lipinski definition) is 3. The first-order valence-corrected chi connectivity index (χ1v) is 7.32. The molecule has 1 saturated heterocycles. The summed E-state index contributed by atoms with van der Waals surface area (Å²) in [5.74, 6) is 0. The maximum Gasteiger partial charge on any atom is 0.245 e. The van der Waals surface area contributed by atoms with Crippen LogP contribution in [-0.4, -0.2) is 11.7 Å². The molecule has 0 spiro atoms. The lowest BCUT2D eigenvalue weighted by Gasteiger charge is -2.38. The van der Waals surface area contributed by atoms with Crippen LogP contribution < -0.4 is 0 Å². The molecular weight excluding hydrogens is 199 g/mol. The molecular formula is C6H13O2PS2. The molecule has 0 saturated carbocycles. The topological polar surface area (TPSA) is 18.5 Å². The van der Waals surface area contributed by atoms with E-state index in [9.17, 15) is 0 Å². The van der Waals surface area contributed by atoms with Crippen LogP contribution in [0.2, 0.25) is 0 Å². The Balaban J connectivity index is 2.74. The summed E-state index contributed by atoms with van der Waals surface area (Å²) in [6.07, 6.45) is 1.05. The van der Waals surface area contributed by atoms with E-state index < -0.39 is 5.69 Å². The zero-order chi connectivity index (χ0) is 8.70. The predicted octanol–water partition coefficient (Wildman–Crippen LogP) is 2.74. The van der Waals surface area contributed by atoms with Gasteiger partial charge in [-0.1, -0.05) is 12.2 Å². The highest BCUT2D eigenvalue weighted by Crippen LogP contribution is 2.61. The summed E-state index contributed by atoms with van der Waals surface area (Å²) in [7, 11) is 0. The molecule has 2 atom stereocenters. The molecule has 1 fully saturated rings. The molecule has 1 rings (SSSR count). The molecule has 0 aromatic rings. The van der Waals surface area contributed by atoms with Crippen LogP contribution in [0.25, 0.3) is 0 Å². The summed E-state index contributed by atoms with van der Waals surface area (Å²) in [6, 6.07) is 0. The fourth-order valence-electron chi connectivity index (χ4n) is 1.33. The highest BCUT2D eigenvalue weighted by molar-refractivity contribution is 8.60. The zero-order valence-electron chi connectivity index (χ0n) is 6.90. The SMILES string of the molecule is CC1CC(C)(C)OP(=S)(S)O1. The van der Waals surface area contributed by atoms with Crippen LogP contribution in [0.4, 0.5) is 0 Å². The van der Waals surface area contributed by atoms with Gasteiger partial charge < -0.3 is 9.05 Å². The van der Waals surface area contributed by atoms with E-state index >= 15 is 0 Å². The van der Waals surface area contributed by atoms with E-state index in [1.165, 1.54) is 0 Å². The van der Waals surface area contributed by atoms with Gasteiger partial charge in [-0.15, -0.1) is 0 Å². The van der Waals surface area contributed by atoms with Gasteiger partial charge in [-0.3, -0.25) is 0 Å². The van der Waals surface area contributed by atoms with E-state index in [1.807, 2.05) is 20.8 Å². The van der Waals surface area contributed by atoms with Crippen molar-refractivity contribution >= 4 is 29.7 Å². The smallest absolute Gasteiger partial charge is 0.245 e. The lowest BCUT2D eigenvalue weighted by molar-refractivity contribution is 0.0106. The lowest BCUT2D eigenvalue weighted by atomic mass is 10.0. The molecule has 0 N–H and O–H groups in total. The molecule has 11 heavy (non-hydrogen) atoms. The highest BCUT2D eigenvalue weighted by Gasteiger charge is 2.35. The van der Waals surface area contributed by atoms with Gasteiger partial charge in [0.1, 0.15) is 0 Å². The van der Waals surface area contributed by atoms with Gasteiger partial charge in [0, 0.05) is 6.42 Å². The van der Waals surface area contributed by atoms with Crippen LogP contribution in [0.15, 0.2) is 0 Å². The second-order valence-corrected chi connectivity index (χ2v) is 8.60. The molecule has 0 radical (unpaired) electrons. The van der Waals surface area contributed by atoms with E-state index in [1.54, 1.807) is 0 Å². The minimum Gasteiger partial charge on any atom is -0.319 e. The van der Waals surface area contributed by atoms with Crippen molar-refractivity contribution in [3.8, 4) is 0 Å². The van der Waals surface area contributed by atoms with Crippen LogP contribution in [0.1, 0.15) is 27.2 Å². The normalized spacial score (nSPS) is 43.8. The van der Waals surface area contributed by atoms with Crippen molar-refractivity contribution in [2.45, 2.75) is 38.9 Å². The van der Waals surface area contributed by atoms with Gasteiger partial charge in [-0.05, 0) is 32.6 Å². The van der Waals surface area contributed by atoms with Gasteiger partial charge >= 0.3 is 0 Å². The summed E-state index contributed by atoms with van der Waals surface area (Å²) in [5, 5.41) is 0. The molecule has 0 aliphatic carbocycles. The van der Waals surface area contributed by atoms with Crippen molar-refractivity contribution in [1.29, 1.82) is 0 Å². The Hall–Kier alpha value is 0.920. The van der Waals surface area contributed by atoms with Crippen LogP contribution in [0.3, 0.4) is 0 Å². The van der Waals surface area contributed by atoms with E-state index in [0.717, 1.165) is 6.42 Å². The van der Waals surface area contributed by atoms with Crippen molar-refractivity contribution in [2.24, 2.45) is 0 Å². The van der Waals surface area contributed by atoms with Gasteiger partial charge in [0.15, 0.2) is 0 Å². The third-order valence-electron chi connectivity index (χ3n) is 1.45. The second-order valence-electron chi connectivity index (χ2n) is 3.44. The molecule has 2 nitrogen and oxygen atoms in total. The van der Waals surface area contributed by atoms with Crippen molar-refractivity contribution in [3.63, 3.8) is 0 Å². The Labute approximate surface area is 78.0 Å². The fraction of sp³-hybridized carbons (Fsp3) is 1.00. The Kier molecular flexibility index (Phi) is 2.73. The monoisotopic (exact) mass is 212 g/mol. The Morgan fingerprint density at radius 3 is 2.55 bits per heavy atom. The Morgan fingerprint density at radius 1 is 1.64 bits per heavy atom. The summed E-state index contributed by atoms with van der Waals surface area (Å²) >= 11 is 9.22. The third kappa shape index (κ3) is 3.03. The van der Waals surface area contributed by atoms with Crippen molar-refractivity contribution in [3.05, 3.63) is 0 Å². The maximum absolute atomic E-state index is 5.50. The van der Waals surface area contributed by atoms with Crippen molar-refractivity contribution < 1.29 is 9.05 Å². The van der Waals surface area contributed by atoms with Gasteiger partial charge in [-0.2, -0.15) is 0 Å². The van der Waals surface area contributed by atoms with Gasteiger partial charge in [0.05, 0.1) is 11.7 Å². The molecule has 1 aliphatic heterocycles. The average Bonchev–Trinajstić information content (AvgIpc) is 1.49. The second kappa shape index (κ2) is 3.00. The van der Waals surface area contributed by atoms with E-state index in [2.05, 4.69) is 12.2 Å². The quantitative estimate of drug-likeness (QED) is 0.492. The summed E-state index contributed by atoms with van der Waals surface area (Å²) < 4.78 is 10.9. The van der Waals surface area contributed by atoms with Gasteiger partial charge in [-0.25, -0.2) is 0 Å². The highest BCUT2D eigenvalue weighted by atomic mass is 32.9.